The fraction of sp³-hybridized carbons (Fsp3) is 0.360. The van der Waals surface area contributed by atoms with E-state index in [0.29, 0.717) is 18.8 Å². The number of hydrogen-bond donors (Lipinski definition) is 2. The predicted octanol–water partition coefficient (Wildman–Crippen LogP) is 3.18. The lowest BCUT2D eigenvalue weighted by Gasteiger charge is -2.18. The number of furan rings is 1. The van der Waals surface area contributed by atoms with Gasteiger partial charge in [-0.05, 0) is 55.7 Å². The Morgan fingerprint density at radius 3 is 2.57 bits per heavy atom. The SMILES string of the molecule is CCN(CC)S(=O)(=O)c1cccc(C(=O)NNC(=O)COc2ccc3oc4c(c3c2)CCCC4)c1. The summed E-state index contributed by atoms with van der Waals surface area (Å²) in [6.45, 7) is 3.83. The van der Waals surface area contributed by atoms with Crippen molar-refractivity contribution in [2.24, 2.45) is 0 Å². The summed E-state index contributed by atoms with van der Waals surface area (Å²) < 4.78 is 38.2. The van der Waals surface area contributed by atoms with Gasteiger partial charge in [0.05, 0.1) is 4.90 Å². The van der Waals surface area contributed by atoms with Gasteiger partial charge < -0.3 is 9.15 Å². The van der Waals surface area contributed by atoms with Crippen LogP contribution in [-0.4, -0.2) is 44.2 Å². The molecule has 35 heavy (non-hydrogen) atoms. The molecule has 186 valence electrons. The van der Waals surface area contributed by atoms with Gasteiger partial charge in [0.15, 0.2) is 6.61 Å². The highest BCUT2D eigenvalue weighted by molar-refractivity contribution is 7.89. The van der Waals surface area contributed by atoms with Crippen LogP contribution in [0.5, 0.6) is 5.75 Å². The highest BCUT2D eigenvalue weighted by Crippen LogP contribution is 2.33. The molecule has 4 rings (SSSR count). The first-order valence-electron chi connectivity index (χ1n) is 11.7. The van der Waals surface area contributed by atoms with Crippen molar-refractivity contribution >= 4 is 32.8 Å². The number of carbonyl (C=O) groups excluding carboxylic acids is 2. The van der Waals surface area contributed by atoms with Crippen LogP contribution in [0.4, 0.5) is 0 Å². The third-order valence-electron chi connectivity index (χ3n) is 6.05. The summed E-state index contributed by atoms with van der Waals surface area (Å²) in [6.07, 6.45) is 4.15. The molecule has 0 bridgehead atoms. The van der Waals surface area contributed by atoms with Gasteiger partial charge in [0, 0.05) is 36.0 Å². The second-order valence-corrected chi connectivity index (χ2v) is 10.2. The molecule has 2 N–H and O–H groups in total. The quantitative estimate of drug-likeness (QED) is 0.460. The van der Waals surface area contributed by atoms with E-state index in [1.54, 1.807) is 19.9 Å². The molecule has 3 aromatic rings. The summed E-state index contributed by atoms with van der Waals surface area (Å²) in [5.74, 6) is 0.362. The van der Waals surface area contributed by atoms with Crippen LogP contribution in [0, 0.1) is 0 Å². The van der Waals surface area contributed by atoms with Gasteiger partial charge in [-0.3, -0.25) is 20.4 Å². The number of rotatable bonds is 8. The van der Waals surface area contributed by atoms with Crippen LogP contribution >= 0.6 is 0 Å². The lowest BCUT2D eigenvalue weighted by Crippen LogP contribution is -2.43. The van der Waals surface area contributed by atoms with Gasteiger partial charge in [-0.1, -0.05) is 19.9 Å². The van der Waals surface area contributed by atoms with Crippen molar-refractivity contribution in [3.8, 4) is 5.75 Å². The Morgan fingerprint density at radius 2 is 1.80 bits per heavy atom. The van der Waals surface area contributed by atoms with Gasteiger partial charge in [-0.15, -0.1) is 0 Å². The van der Waals surface area contributed by atoms with Gasteiger partial charge in [-0.25, -0.2) is 8.42 Å². The first kappa shape index (κ1) is 24.7. The topological polar surface area (TPSA) is 118 Å². The number of amides is 2. The van der Waals surface area contributed by atoms with E-state index in [-0.39, 0.29) is 17.1 Å². The number of benzene rings is 2. The Kier molecular flexibility index (Phi) is 7.42. The molecule has 0 unspecified atom stereocenters. The molecule has 0 saturated heterocycles. The summed E-state index contributed by atoms with van der Waals surface area (Å²) in [5, 5.41) is 1.01. The summed E-state index contributed by atoms with van der Waals surface area (Å²) in [4.78, 5) is 24.7. The Hall–Kier alpha value is -3.37. The van der Waals surface area contributed by atoms with Gasteiger partial charge >= 0.3 is 0 Å². The van der Waals surface area contributed by atoms with E-state index < -0.39 is 21.8 Å². The van der Waals surface area contributed by atoms with Crippen LogP contribution < -0.4 is 15.6 Å². The predicted molar refractivity (Wildman–Crippen MR) is 131 cm³/mol. The van der Waals surface area contributed by atoms with Crippen LogP contribution in [0.1, 0.15) is 48.4 Å². The summed E-state index contributed by atoms with van der Waals surface area (Å²) in [5.41, 5.74) is 6.71. The number of hydrogen-bond acceptors (Lipinski definition) is 6. The summed E-state index contributed by atoms with van der Waals surface area (Å²) in [7, 11) is -3.71. The van der Waals surface area contributed by atoms with E-state index >= 15 is 0 Å². The number of ether oxygens (including phenoxy) is 1. The molecule has 1 aromatic heterocycles. The molecule has 0 aliphatic heterocycles. The van der Waals surface area contributed by atoms with Crippen molar-refractivity contribution in [3.05, 3.63) is 59.4 Å². The maximum atomic E-state index is 12.7. The zero-order valence-electron chi connectivity index (χ0n) is 19.8. The zero-order chi connectivity index (χ0) is 25.0. The third kappa shape index (κ3) is 5.33. The molecule has 2 amide bonds. The fourth-order valence-electron chi connectivity index (χ4n) is 4.23. The maximum Gasteiger partial charge on any atom is 0.276 e. The van der Waals surface area contributed by atoms with Crippen molar-refractivity contribution in [1.82, 2.24) is 15.2 Å². The number of hydrazine groups is 1. The number of fused-ring (bicyclic) bond motifs is 3. The molecule has 10 heteroatoms. The van der Waals surface area contributed by atoms with Gasteiger partial charge in [-0.2, -0.15) is 4.31 Å². The molecule has 9 nitrogen and oxygen atoms in total. The van der Waals surface area contributed by atoms with Crippen molar-refractivity contribution in [1.29, 1.82) is 0 Å². The summed E-state index contributed by atoms with van der Waals surface area (Å²) >= 11 is 0. The lowest BCUT2D eigenvalue weighted by molar-refractivity contribution is -0.123. The first-order valence-corrected chi connectivity index (χ1v) is 13.1. The molecule has 0 spiro atoms. The number of nitrogens with zero attached hydrogens (tertiary/aromatic N) is 1. The van der Waals surface area contributed by atoms with Crippen molar-refractivity contribution in [2.45, 2.75) is 44.4 Å². The van der Waals surface area contributed by atoms with Crippen molar-refractivity contribution in [2.75, 3.05) is 19.7 Å². The molecular formula is C25H29N3O6S. The van der Waals surface area contributed by atoms with E-state index in [0.717, 1.165) is 42.4 Å². The average molecular weight is 500 g/mol. The second-order valence-electron chi connectivity index (χ2n) is 8.28. The van der Waals surface area contributed by atoms with E-state index in [1.807, 2.05) is 12.1 Å². The van der Waals surface area contributed by atoms with Crippen LogP contribution in [0.3, 0.4) is 0 Å². The molecule has 0 atom stereocenters. The highest BCUT2D eigenvalue weighted by atomic mass is 32.2. The van der Waals surface area contributed by atoms with Crippen molar-refractivity contribution in [3.63, 3.8) is 0 Å². The zero-order valence-corrected chi connectivity index (χ0v) is 20.6. The molecule has 2 aromatic carbocycles. The number of aryl methyl sites for hydroxylation is 2. The molecular weight excluding hydrogens is 470 g/mol. The molecule has 1 aliphatic carbocycles. The standard InChI is InChI=1S/C25H29N3O6S/c1-3-28(4-2)35(31,32)19-9-7-8-17(14-19)25(30)27-26-24(29)16-33-18-12-13-23-21(15-18)20-10-5-6-11-22(20)34-23/h7-9,12-15H,3-6,10-11,16H2,1-2H3,(H,26,29)(H,27,30). The summed E-state index contributed by atoms with van der Waals surface area (Å²) in [6, 6.07) is 11.1. The smallest absolute Gasteiger partial charge is 0.276 e. The Morgan fingerprint density at radius 1 is 1.03 bits per heavy atom. The van der Waals surface area contributed by atoms with E-state index in [2.05, 4.69) is 10.9 Å². The maximum absolute atomic E-state index is 12.7. The number of carbonyl (C=O) groups is 2. The van der Waals surface area contributed by atoms with E-state index in [4.69, 9.17) is 9.15 Å². The monoisotopic (exact) mass is 499 g/mol. The first-order chi connectivity index (χ1) is 16.8. The minimum Gasteiger partial charge on any atom is -0.484 e. The molecule has 0 radical (unpaired) electrons. The lowest BCUT2D eigenvalue weighted by atomic mass is 9.96. The van der Waals surface area contributed by atoms with E-state index in [9.17, 15) is 18.0 Å². The molecule has 0 saturated carbocycles. The van der Waals surface area contributed by atoms with Crippen LogP contribution in [0.25, 0.3) is 11.0 Å². The molecule has 1 aliphatic rings. The van der Waals surface area contributed by atoms with Crippen LogP contribution in [-0.2, 0) is 27.7 Å². The van der Waals surface area contributed by atoms with Crippen LogP contribution in [0.15, 0.2) is 51.8 Å². The Balaban J connectivity index is 1.34. The fourth-order valence-corrected chi connectivity index (χ4v) is 5.73. The largest absolute Gasteiger partial charge is 0.484 e. The highest BCUT2D eigenvalue weighted by Gasteiger charge is 2.23. The van der Waals surface area contributed by atoms with Gasteiger partial charge in [0.25, 0.3) is 11.8 Å². The minimum atomic E-state index is -3.71. The van der Waals surface area contributed by atoms with Crippen LogP contribution in [0.2, 0.25) is 0 Å². The normalized spacial score (nSPS) is 13.5. The third-order valence-corrected chi connectivity index (χ3v) is 8.10. The second kappa shape index (κ2) is 10.5. The molecule has 0 fully saturated rings. The minimum absolute atomic E-state index is 0.0142. The van der Waals surface area contributed by atoms with E-state index in [1.165, 1.54) is 34.1 Å². The van der Waals surface area contributed by atoms with Crippen molar-refractivity contribution < 1.29 is 27.2 Å². The average Bonchev–Trinajstić information content (AvgIpc) is 3.24. The van der Waals surface area contributed by atoms with Gasteiger partial charge in [0.1, 0.15) is 17.1 Å². The number of nitrogens with one attached hydrogen (secondary N) is 2. The Labute approximate surface area is 204 Å². The number of sulfonamides is 1. The molecule has 1 heterocycles. The van der Waals surface area contributed by atoms with Gasteiger partial charge in [0.2, 0.25) is 10.0 Å². The Bertz CT molecular complexity index is 1340.